The van der Waals surface area contributed by atoms with Gasteiger partial charge in [0.25, 0.3) is 11.5 Å². The number of ether oxygens (including phenoxy) is 1. The highest BCUT2D eigenvalue weighted by atomic mass is 32.2. The predicted molar refractivity (Wildman–Crippen MR) is 208 cm³/mol. The summed E-state index contributed by atoms with van der Waals surface area (Å²) in [6.07, 6.45) is 8.95. The van der Waals surface area contributed by atoms with E-state index in [0.717, 1.165) is 5.39 Å². The average Bonchev–Trinajstić information content (AvgIpc) is 4.10. The zero-order valence-corrected chi connectivity index (χ0v) is 32.3. The Morgan fingerprint density at radius 1 is 1.12 bits per heavy atom. The van der Waals surface area contributed by atoms with Gasteiger partial charge in [0.05, 0.1) is 34.3 Å². The second-order valence-corrected chi connectivity index (χ2v) is 17.2. The highest BCUT2D eigenvalue weighted by Crippen LogP contribution is 2.46. The molecule has 16 nitrogen and oxygen atoms in total. The van der Waals surface area contributed by atoms with Crippen LogP contribution in [0, 0.1) is 11.8 Å². The second-order valence-electron chi connectivity index (χ2n) is 15.3. The minimum Gasteiger partial charge on any atom is -0.445 e. The Hall–Kier alpha value is -5.58. The number of rotatable bonds is 8. The van der Waals surface area contributed by atoms with E-state index in [-0.39, 0.29) is 26.0 Å². The number of nitrogens with one attached hydrogen (secondary N) is 3. The fourth-order valence-electron chi connectivity index (χ4n) is 7.64. The molecular formula is C39H46N8O8S. The van der Waals surface area contributed by atoms with Crippen molar-refractivity contribution >= 4 is 50.4 Å². The van der Waals surface area contributed by atoms with Gasteiger partial charge in [-0.2, -0.15) is 5.10 Å². The van der Waals surface area contributed by atoms with Crippen molar-refractivity contribution in [1.29, 1.82) is 0 Å². The van der Waals surface area contributed by atoms with E-state index in [9.17, 15) is 32.4 Å². The van der Waals surface area contributed by atoms with Gasteiger partial charge in [-0.15, -0.1) is 6.58 Å². The van der Waals surface area contributed by atoms with Crippen LogP contribution in [0.4, 0.5) is 10.5 Å². The Bertz CT molecular complexity index is 2280. The molecule has 0 spiro atoms. The third-order valence-corrected chi connectivity index (χ3v) is 12.9. The topological polar surface area (TPSA) is 202 Å². The molecule has 2 unspecified atom stereocenters. The number of nitrogens with zero attached hydrogens (tertiary/aromatic N) is 5. The summed E-state index contributed by atoms with van der Waals surface area (Å²) in [5.41, 5.74) is 0.203. The lowest BCUT2D eigenvalue weighted by atomic mass is 10.00. The van der Waals surface area contributed by atoms with Gasteiger partial charge in [-0.25, -0.2) is 17.9 Å². The average molecular weight is 787 g/mol. The molecule has 3 fully saturated rings. The number of hydrogen-bond donors (Lipinski definition) is 3. The monoisotopic (exact) mass is 786 g/mol. The molecule has 3 N–H and O–H groups in total. The number of carbonyl (C=O) groups excluding carboxylic acids is 4. The molecule has 2 aliphatic carbocycles. The summed E-state index contributed by atoms with van der Waals surface area (Å²) in [6.45, 7) is 7.55. The number of anilines is 1. The molecule has 56 heavy (non-hydrogen) atoms. The van der Waals surface area contributed by atoms with Crippen molar-refractivity contribution in [3.63, 3.8) is 0 Å². The van der Waals surface area contributed by atoms with E-state index in [1.54, 1.807) is 38.4 Å². The molecule has 3 aliphatic heterocycles. The van der Waals surface area contributed by atoms with Gasteiger partial charge in [0.1, 0.15) is 24.2 Å². The highest BCUT2D eigenvalue weighted by molar-refractivity contribution is 7.91. The maximum Gasteiger partial charge on any atom is 0.408 e. The summed E-state index contributed by atoms with van der Waals surface area (Å²) < 4.78 is 34.3. The lowest BCUT2D eigenvalue weighted by Gasteiger charge is -2.31. The molecule has 5 atom stereocenters. The standard InChI is InChI=1S/C39H46N8O8S/c1-5-24-20-39(24,37(51)44-56(53,54)26-14-15-26)43-34(48)30-19-25-22-46(30)36(50)33(23(2)3)42-38(52)55-18-8-6-7-17-45(4)31-21-41-47(25)35(49)32(31)28-11-9-13-29-27(28)12-10-16-40-29/h5-6,8-13,16,21,23-26,30,33H,1,7,14-15,17-20,22H2,2-4H3,(H,42,52)(H,43,48)(H,44,51)/b8-6+/t24?,25-,30+,33+,39?/m1/s1. The number of hydrogen-bond acceptors (Lipinski definition) is 11. The van der Waals surface area contributed by atoms with Gasteiger partial charge in [0.2, 0.25) is 21.8 Å². The predicted octanol–water partition coefficient (Wildman–Crippen LogP) is 2.42. The molecule has 2 saturated carbocycles. The number of benzene rings is 1. The maximum absolute atomic E-state index is 14.8. The van der Waals surface area contributed by atoms with Crippen molar-refractivity contribution in [2.75, 3.05) is 31.6 Å². The SMILES string of the molecule is C=CC1CC1(NC(=O)[C@@H]1C[C@@H]2CN1C(=O)[C@H](C(C)C)NC(=O)OC/C=C/CCN(C)c1cnn2c(=O)c1-c1cccc2ncccc12)C(=O)NS(=O)(=O)C1CC1. The maximum atomic E-state index is 14.8. The summed E-state index contributed by atoms with van der Waals surface area (Å²) in [5, 5.41) is 10.1. The van der Waals surface area contributed by atoms with Gasteiger partial charge < -0.3 is 25.2 Å². The summed E-state index contributed by atoms with van der Waals surface area (Å²) in [5.74, 6) is -3.22. The number of sulfonamides is 1. The quantitative estimate of drug-likeness (QED) is 0.283. The molecule has 1 aromatic carbocycles. The summed E-state index contributed by atoms with van der Waals surface area (Å²) in [6, 6.07) is 6.04. The molecule has 2 aromatic heterocycles. The molecule has 4 amide bonds. The van der Waals surface area contributed by atoms with E-state index in [1.165, 1.54) is 15.7 Å². The molecule has 5 heterocycles. The molecule has 1 saturated heterocycles. The molecule has 3 aromatic rings. The Balaban J connectivity index is 1.31. The van der Waals surface area contributed by atoms with Crippen LogP contribution in [-0.2, 0) is 29.1 Å². The Morgan fingerprint density at radius 2 is 1.91 bits per heavy atom. The number of pyridine rings is 1. The van der Waals surface area contributed by atoms with Crippen LogP contribution in [0.1, 0.15) is 52.0 Å². The minimum atomic E-state index is -3.94. The van der Waals surface area contributed by atoms with Crippen molar-refractivity contribution in [2.45, 2.75) is 74.9 Å². The summed E-state index contributed by atoms with van der Waals surface area (Å²) in [7, 11) is -2.09. The van der Waals surface area contributed by atoms with Crippen molar-refractivity contribution in [3.8, 4) is 11.1 Å². The first-order chi connectivity index (χ1) is 26.8. The fraction of sp³-hybridized carbons (Fsp3) is 0.462. The van der Waals surface area contributed by atoms with Gasteiger partial charge in [0, 0.05) is 44.1 Å². The molecular weight excluding hydrogens is 741 g/mol. The number of aromatic nitrogens is 3. The van der Waals surface area contributed by atoms with Crippen LogP contribution >= 0.6 is 0 Å². The number of alkyl carbamates (subject to hydrolysis) is 1. The van der Waals surface area contributed by atoms with Crippen molar-refractivity contribution in [1.82, 2.24) is 35.0 Å². The minimum absolute atomic E-state index is 0.0533. The van der Waals surface area contributed by atoms with Crippen molar-refractivity contribution in [3.05, 3.63) is 77.9 Å². The molecule has 17 heteroatoms. The highest BCUT2D eigenvalue weighted by Gasteiger charge is 2.62. The smallest absolute Gasteiger partial charge is 0.408 e. The van der Waals surface area contributed by atoms with Gasteiger partial charge in [-0.1, -0.05) is 50.3 Å². The third kappa shape index (κ3) is 7.39. The Labute approximate surface area is 324 Å². The fourth-order valence-corrected chi connectivity index (χ4v) is 9.01. The van der Waals surface area contributed by atoms with Gasteiger partial charge in [-0.05, 0) is 49.3 Å². The van der Waals surface area contributed by atoms with Crippen LogP contribution in [0.5, 0.6) is 0 Å². The molecule has 5 aliphatic rings. The second kappa shape index (κ2) is 15.2. The molecule has 296 valence electrons. The Morgan fingerprint density at radius 3 is 2.62 bits per heavy atom. The van der Waals surface area contributed by atoms with Crippen LogP contribution in [0.15, 0.2) is 72.3 Å². The first-order valence-electron chi connectivity index (χ1n) is 18.8. The molecule has 4 bridgehead atoms. The van der Waals surface area contributed by atoms with Crippen LogP contribution in [0.2, 0.25) is 0 Å². The normalized spacial score (nSPS) is 26.2. The largest absolute Gasteiger partial charge is 0.445 e. The first-order valence-corrected chi connectivity index (χ1v) is 20.4. The van der Waals surface area contributed by atoms with Crippen LogP contribution in [0.25, 0.3) is 22.0 Å². The van der Waals surface area contributed by atoms with Crippen LogP contribution < -0.4 is 25.8 Å². The van der Waals surface area contributed by atoms with Crippen LogP contribution in [0.3, 0.4) is 0 Å². The van der Waals surface area contributed by atoms with Crippen molar-refractivity contribution < 1.29 is 32.3 Å². The lowest BCUT2D eigenvalue weighted by molar-refractivity contribution is -0.141. The van der Waals surface area contributed by atoms with Gasteiger partial charge >= 0.3 is 6.09 Å². The van der Waals surface area contributed by atoms with E-state index >= 15 is 0 Å². The van der Waals surface area contributed by atoms with Gasteiger partial charge in [-0.3, -0.25) is 28.9 Å². The van der Waals surface area contributed by atoms with E-state index in [1.807, 2.05) is 42.3 Å². The number of amides is 4. The van der Waals surface area contributed by atoms with E-state index in [0.29, 0.717) is 48.1 Å². The zero-order chi connectivity index (χ0) is 39.9. The van der Waals surface area contributed by atoms with Crippen molar-refractivity contribution in [2.24, 2.45) is 11.8 Å². The van der Waals surface area contributed by atoms with E-state index < -0.39 is 80.1 Å². The zero-order valence-electron chi connectivity index (χ0n) is 31.5. The number of fused-ring (bicyclic) bond motifs is 12. The van der Waals surface area contributed by atoms with Crippen LogP contribution in [-0.4, -0.2) is 102 Å². The van der Waals surface area contributed by atoms with Gasteiger partial charge in [0.15, 0.2) is 0 Å². The Kier molecular flexibility index (Phi) is 10.5. The lowest BCUT2D eigenvalue weighted by Crippen LogP contribution is -2.59. The third-order valence-electron chi connectivity index (χ3n) is 11.1. The number of carbonyl (C=O) groups is 4. The summed E-state index contributed by atoms with van der Waals surface area (Å²) >= 11 is 0. The van der Waals surface area contributed by atoms with E-state index in [2.05, 4.69) is 32.0 Å². The van der Waals surface area contributed by atoms with E-state index in [4.69, 9.17) is 4.74 Å². The summed E-state index contributed by atoms with van der Waals surface area (Å²) in [4.78, 5) is 77.9. The molecule has 0 radical (unpaired) electrons. The first kappa shape index (κ1) is 38.7. The molecule has 8 rings (SSSR count).